The van der Waals surface area contributed by atoms with E-state index in [0.29, 0.717) is 6.54 Å². The zero-order chi connectivity index (χ0) is 16.3. The van der Waals surface area contributed by atoms with Crippen LogP contribution in [-0.2, 0) is 24.3 Å². The molecule has 0 amide bonds. The van der Waals surface area contributed by atoms with Gasteiger partial charge in [0.25, 0.3) is 5.82 Å². The molecule has 1 aromatic heterocycles. The van der Waals surface area contributed by atoms with Gasteiger partial charge in [0, 0.05) is 11.8 Å². The van der Waals surface area contributed by atoms with E-state index in [4.69, 9.17) is 0 Å². The summed E-state index contributed by atoms with van der Waals surface area (Å²) in [7, 11) is 0. The number of Topliss-reactive ketones (excluding diaryl/α,β-unsaturated/α-hetero) is 1. The van der Waals surface area contributed by atoms with Crippen LogP contribution in [0.5, 0.6) is 0 Å². The van der Waals surface area contributed by atoms with Crippen molar-refractivity contribution in [3.63, 3.8) is 0 Å². The number of rotatable bonds is 6. The van der Waals surface area contributed by atoms with Crippen LogP contribution in [0.4, 0.5) is 0 Å². The SMILES string of the molecule is CCCc1n(CCC)c2ccccc2[n+]1CC(=O)C(C)(C)C. The van der Waals surface area contributed by atoms with Crippen LogP contribution in [0.25, 0.3) is 11.0 Å². The van der Waals surface area contributed by atoms with Crippen molar-refractivity contribution in [3.8, 4) is 0 Å². The average Bonchev–Trinajstić information content (AvgIpc) is 2.74. The lowest BCUT2D eigenvalue weighted by molar-refractivity contribution is -0.667. The first-order chi connectivity index (χ1) is 10.4. The number of imidazole rings is 1. The number of benzene rings is 1. The van der Waals surface area contributed by atoms with E-state index in [1.54, 1.807) is 0 Å². The summed E-state index contributed by atoms with van der Waals surface area (Å²) in [4.78, 5) is 12.6. The maximum atomic E-state index is 12.6. The number of para-hydroxylation sites is 2. The fraction of sp³-hybridized carbons (Fsp3) is 0.579. The van der Waals surface area contributed by atoms with E-state index in [1.807, 2.05) is 20.8 Å². The van der Waals surface area contributed by atoms with Gasteiger partial charge in [-0.3, -0.25) is 4.79 Å². The van der Waals surface area contributed by atoms with Gasteiger partial charge in [0.1, 0.15) is 6.54 Å². The van der Waals surface area contributed by atoms with Gasteiger partial charge >= 0.3 is 0 Å². The largest absolute Gasteiger partial charge is 0.295 e. The molecule has 3 nitrogen and oxygen atoms in total. The average molecular weight is 301 g/mol. The molecule has 0 spiro atoms. The Bertz CT molecular complexity index is 662. The lowest BCUT2D eigenvalue weighted by atomic mass is 9.91. The summed E-state index contributed by atoms with van der Waals surface area (Å²) < 4.78 is 4.64. The van der Waals surface area contributed by atoms with E-state index in [2.05, 4.69) is 47.2 Å². The number of hydrogen-bond donors (Lipinski definition) is 0. The number of aryl methyl sites for hydroxylation is 1. The zero-order valence-electron chi connectivity index (χ0n) is 14.6. The molecule has 0 saturated carbocycles. The molecule has 120 valence electrons. The molecule has 0 aliphatic carbocycles. The number of nitrogens with zero attached hydrogens (tertiary/aromatic N) is 2. The number of ketones is 1. The Balaban J connectivity index is 2.59. The van der Waals surface area contributed by atoms with Gasteiger partial charge in [0.15, 0.2) is 16.8 Å². The van der Waals surface area contributed by atoms with Crippen molar-refractivity contribution in [3.05, 3.63) is 30.1 Å². The van der Waals surface area contributed by atoms with E-state index in [0.717, 1.165) is 25.8 Å². The van der Waals surface area contributed by atoms with Crippen molar-refractivity contribution in [2.75, 3.05) is 0 Å². The van der Waals surface area contributed by atoms with Crippen LogP contribution in [0.1, 0.15) is 53.3 Å². The first-order valence-corrected chi connectivity index (χ1v) is 8.43. The van der Waals surface area contributed by atoms with Gasteiger partial charge in [-0.2, -0.15) is 0 Å². The molecule has 22 heavy (non-hydrogen) atoms. The number of fused-ring (bicyclic) bond motifs is 1. The lowest BCUT2D eigenvalue weighted by Crippen LogP contribution is -2.44. The molecule has 1 heterocycles. The molecule has 1 aromatic carbocycles. The van der Waals surface area contributed by atoms with Gasteiger partial charge in [-0.1, -0.05) is 46.8 Å². The van der Waals surface area contributed by atoms with Gasteiger partial charge in [0.2, 0.25) is 0 Å². The summed E-state index contributed by atoms with van der Waals surface area (Å²) in [6, 6.07) is 8.45. The second kappa shape index (κ2) is 6.64. The van der Waals surface area contributed by atoms with Crippen molar-refractivity contribution >= 4 is 16.8 Å². The minimum atomic E-state index is -0.301. The molecule has 0 unspecified atom stereocenters. The highest BCUT2D eigenvalue weighted by molar-refractivity contribution is 5.83. The molecule has 0 saturated heterocycles. The van der Waals surface area contributed by atoms with Gasteiger partial charge < -0.3 is 0 Å². The van der Waals surface area contributed by atoms with Gasteiger partial charge in [0.05, 0.1) is 6.54 Å². The lowest BCUT2D eigenvalue weighted by Gasteiger charge is -2.15. The quantitative estimate of drug-likeness (QED) is 0.743. The Morgan fingerprint density at radius 3 is 2.41 bits per heavy atom. The van der Waals surface area contributed by atoms with Crippen LogP contribution in [0.3, 0.4) is 0 Å². The Hall–Kier alpha value is -1.64. The van der Waals surface area contributed by atoms with Crippen molar-refractivity contribution in [1.29, 1.82) is 0 Å². The van der Waals surface area contributed by atoms with Crippen molar-refractivity contribution in [2.45, 2.75) is 67.0 Å². The molecule has 0 bridgehead atoms. The van der Waals surface area contributed by atoms with E-state index in [9.17, 15) is 4.79 Å². The summed E-state index contributed by atoms with van der Waals surface area (Å²) >= 11 is 0. The third kappa shape index (κ3) is 3.23. The Labute approximate surface area is 134 Å². The molecular weight excluding hydrogens is 272 g/mol. The third-order valence-corrected chi connectivity index (χ3v) is 4.15. The highest BCUT2D eigenvalue weighted by Gasteiger charge is 2.29. The van der Waals surface area contributed by atoms with Crippen LogP contribution in [0, 0.1) is 5.41 Å². The highest BCUT2D eigenvalue weighted by atomic mass is 16.1. The summed E-state index contributed by atoms with van der Waals surface area (Å²) in [5.41, 5.74) is 2.12. The molecular formula is C19H29N2O+. The van der Waals surface area contributed by atoms with Crippen LogP contribution in [0.2, 0.25) is 0 Å². The number of carbonyl (C=O) groups excluding carboxylic acids is 1. The van der Waals surface area contributed by atoms with Gasteiger partial charge in [-0.15, -0.1) is 0 Å². The molecule has 0 radical (unpaired) electrons. The smallest absolute Gasteiger partial charge is 0.257 e. The van der Waals surface area contributed by atoms with Gasteiger partial charge in [-0.25, -0.2) is 9.13 Å². The summed E-state index contributed by atoms with van der Waals surface area (Å²) in [6.45, 7) is 11.9. The molecule has 2 rings (SSSR count). The first-order valence-electron chi connectivity index (χ1n) is 8.43. The van der Waals surface area contributed by atoms with Crippen LogP contribution in [-0.4, -0.2) is 10.4 Å². The van der Waals surface area contributed by atoms with E-state index in [1.165, 1.54) is 16.9 Å². The molecule has 0 aliphatic heterocycles. The zero-order valence-corrected chi connectivity index (χ0v) is 14.6. The van der Waals surface area contributed by atoms with Crippen molar-refractivity contribution in [2.24, 2.45) is 5.41 Å². The number of hydrogen-bond acceptors (Lipinski definition) is 1. The molecule has 2 aromatic rings. The van der Waals surface area contributed by atoms with E-state index in [-0.39, 0.29) is 11.2 Å². The number of carbonyl (C=O) groups is 1. The standard InChI is InChI=1S/C19H29N2O/c1-6-10-18-20(13-7-2)15-11-8-9-12-16(15)21(18)14-17(22)19(3,4)5/h8-9,11-12H,6-7,10,13-14H2,1-5H3/q+1. The van der Waals surface area contributed by atoms with Crippen molar-refractivity contribution in [1.82, 2.24) is 4.57 Å². The highest BCUT2D eigenvalue weighted by Crippen LogP contribution is 2.19. The molecule has 0 N–H and O–H groups in total. The predicted molar refractivity (Wildman–Crippen MR) is 90.9 cm³/mol. The Morgan fingerprint density at radius 2 is 1.82 bits per heavy atom. The second-order valence-electron chi connectivity index (χ2n) is 7.07. The maximum Gasteiger partial charge on any atom is 0.257 e. The fourth-order valence-electron chi connectivity index (χ4n) is 2.87. The van der Waals surface area contributed by atoms with Gasteiger partial charge in [-0.05, 0) is 25.0 Å². The monoisotopic (exact) mass is 301 g/mol. The maximum absolute atomic E-state index is 12.6. The first kappa shape index (κ1) is 16.7. The topological polar surface area (TPSA) is 25.9 Å². The molecule has 0 fully saturated rings. The summed E-state index contributed by atoms with van der Waals surface area (Å²) in [5, 5.41) is 0. The Kier molecular flexibility index (Phi) is 5.05. The van der Waals surface area contributed by atoms with Crippen molar-refractivity contribution < 1.29 is 9.36 Å². The minimum absolute atomic E-state index is 0.286. The van der Waals surface area contributed by atoms with Crippen LogP contribution < -0.4 is 4.57 Å². The second-order valence-corrected chi connectivity index (χ2v) is 7.07. The number of aromatic nitrogens is 2. The summed E-state index contributed by atoms with van der Waals surface area (Å²) in [6.07, 6.45) is 3.19. The van der Waals surface area contributed by atoms with Crippen LogP contribution in [0.15, 0.2) is 24.3 Å². The predicted octanol–water partition coefficient (Wildman–Crippen LogP) is 3.91. The third-order valence-electron chi connectivity index (χ3n) is 4.15. The normalized spacial score (nSPS) is 12.0. The summed E-state index contributed by atoms with van der Waals surface area (Å²) in [5.74, 6) is 1.57. The Morgan fingerprint density at radius 1 is 1.14 bits per heavy atom. The molecule has 3 heteroatoms. The van der Waals surface area contributed by atoms with E-state index < -0.39 is 0 Å². The minimum Gasteiger partial charge on any atom is -0.295 e. The van der Waals surface area contributed by atoms with E-state index >= 15 is 0 Å². The molecule has 0 atom stereocenters. The van der Waals surface area contributed by atoms with Crippen LogP contribution >= 0.6 is 0 Å². The fourth-order valence-corrected chi connectivity index (χ4v) is 2.87. The molecule has 0 aliphatic rings.